The number of hydrogen-bond acceptors (Lipinski definition) is 5. The number of furan rings is 1. The van der Waals surface area contributed by atoms with E-state index >= 15 is 0 Å². The van der Waals surface area contributed by atoms with Crippen LogP contribution < -0.4 is 5.32 Å². The van der Waals surface area contributed by atoms with E-state index < -0.39 is 0 Å². The van der Waals surface area contributed by atoms with Gasteiger partial charge < -0.3 is 19.5 Å². The van der Waals surface area contributed by atoms with Crippen molar-refractivity contribution in [2.24, 2.45) is 5.92 Å². The molecule has 3 atom stereocenters. The van der Waals surface area contributed by atoms with E-state index in [1.807, 2.05) is 0 Å². The van der Waals surface area contributed by atoms with Crippen LogP contribution in [-0.2, 0) is 0 Å². The molecule has 5 heterocycles. The summed E-state index contributed by atoms with van der Waals surface area (Å²) in [6, 6.07) is 3.58. The molecule has 3 aliphatic heterocycles. The van der Waals surface area contributed by atoms with Crippen LogP contribution in [0.25, 0.3) is 11.0 Å². The molecule has 7 nitrogen and oxygen atoms in total. The number of piperidine rings is 1. The van der Waals surface area contributed by atoms with Crippen molar-refractivity contribution in [3.63, 3.8) is 0 Å². The fraction of sp³-hybridized carbons (Fsp3) is 0.500. The third-order valence-electron chi connectivity index (χ3n) is 5.38. The van der Waals surface area contributed by atoms with Crippen molar-refractivity contribution in [3.05, 3.63) is 29.8 Å². The van der Waals surface area contributed by atoms with Crippen LogP contribution >= 0.6 is 0 Å². The van der Waals surface area contributed by atoms with Gasteiger partial charge in [-0.25, -0.2) is 4.98 Å². The molecule has 3 aliphatic rings. The van der Waals surface area contributed by atoms with Crippen molar-refractivity contribution in [2.75, 3.05) is 32.7 Å². The summed E-state index contributed by atoms with van der Waals surface area (Å²) in [5.74, 6) is 0.751. The van der Waals surface area contributed by atoms with E-state index in [0.717, 1.165) is 38.0 Å². The molecular weight excluding hydrogens is 320 g/mol. The van der Waals surface area contributed by atoms with Crippen LogP contribution in [0.1, 0.15) is 33.9 Å². The SMILES string of the molecule is O=C(N[C@@H]1C[C@H]2CCN(C2)C1)c1cc2cc(C(=O)N3CC3)oc2cn1. The van der Waals surface area contributed by atoms with Gasteiger partial charge in [0.2, 0.25) is 0 Å². The molecule has 3 fully saturated rings. The molecule has 25 heavy (non-hydrogen) atoms. The molecule has 5 rings (SSSR count). The van der Waals surface area contributed by atoms with Gasteiger partial charge in [-0.2, -0.15) is 0 Å². The molecule has 130 valence electrons. The predicted molar refractivity (Wildman–Crippen MR) is 90.3 cm³/mol. The monoisotopic (exact) mass is 340 g/mol. The van der Waals surface area contributed by atoms with Crippen molar-refractivity contribution < 1.29 is 14.0 Å². The first-order valence-electron chi connectivity index (χ1n) is 8.88. The maximum Gasteiger partial charge on any atom is 0.289 e. The number of hydrogen-bond donors (Lipinski definition) is 1. The largest absolute Gasteiger partial charge is 0.449 e. The lowest BCUT2D eigenvalue weighted by atomic mass is 9.97. The van der Waals surface area contributed by atoms with Crippen LogP contribution in [0.2, 0.25) is 0 Å². The Morgan fingerprint density at radius 3 is 2.88 bits per heavy atom. The zero-order valence-corrected chi connectivity index (χ0v) is 13.9. The lowest BCUT2D eigenvalue weighted by Crippen LogP contribution is -2.47. The third kappa shape index (κ3) is 2.78. The summed E-state index contributed by atoms with van der Waals surface area (Å²) < 4.78 is 5.56. The van der Waals surface area contributed by atoms with E-state index in [-0.39, 0.29) is 17.9 Å². The first kappa shape index (κ1) is 14.9. The number of aromatic nitrogens is 1. The maximum absolute atomic E-state index is 12.6. The minimum absolute atomic E-state index is 0.103. The van der Waals surface area contributed by atoms with Gasteiger partial charge in [0.25, 0.3) is 11.8 Å². The summed E-state index contributed by atoms with van der Waals surface area (Å²) in [4.78, 5) is 32.9. The topological polar surface area (TPSA) is 78.5 Å². The molecule has 0 aromatic carbocycles. The summed E-state index contributed by atoms with van der Waals surface area (Å²) in [6.45, 7) is 4.79. The van der Waals surface area contributed by atoms with E-state index in [2.05, 4.69) is 15.2 Å². The average molecular weight is 340 g/mol. The van der Waals surface area contributed by atoms with Gasteiger partial charge in [-0.3, -0.25) is 9.59 Å². The highest BCUT2D eigenvalue weighted by molar-refractivity contribution is 5.99. The molecular formula is C18H20N4O3. The highest BCUT2D eigenvalue weighted by atomic mass is 16.3. The zero-order valence-electron chi connectivity index (χ0n) is 13.9. The maximum atomic E-state index is 12.6. The Balaban J connectivity index is 1.33. The number of nitrogens with zero attached hydrogens (tertiary/aromatic N) is 3. The second-order valence-corrected chi connectivity index (χ2v) is 7.33. The molecule has 7 heteroatoms. The van der Waals surface area contributed by atoms with Gasteiger partial charge in [-0.05, 0) is 37.4 Å². The van der Waals surface area contributed by atoms with Gasteiger partial charge in [-0.1, -0.05) is 0 Å². The number of amides is 2. The van der Waals surface area contributed by atoms with E-state index in [4.69, 9.17) is 4.42 Å². The van der Waals surface area contributed by atoms with Crippen LogP contribution in [0.4, 0.5) is 0 Å². The number of fused-ring (bicyclic) bond motifs is 3. The summed E-state index contributed by atoms with van der Waals surface area (Å²) >= 11 is 0. The molecule has 2 aromatic rings. The van der Waals surface area contributed by atoms with Gasteiger partial charge in [-0.15, -0.1) is 0 Å². The highest BCUT2D eigenvalue weighted by Gasteiger charge is 2.33. The fourth-order valence-electron chi connectivity index (χ4n) is 4.01. The van der Waals surface area contributed by atoms with Crippen molar-refractivity contribution in [1.29, 1.82) is 0 Å². The normalized spacial score (nSPS) is 27.5. The first-order chi connectivity index (χ1) is 12.2. The van der Waals surface area contributed by atoms with Crippen molar-refractivity contribution >= 4 is 22.8 Å². The van der Waals surface area contributed by atoms with Crippen molar-refractivity contribution in [2.45, 2.75) is 18.9 Å². The van der Waals surface area contributed by atoms with Gasteiger partial charge in [0, 0.05) is 37.6 Å². The highest BCUT2D eigenvalue weighted by Crippen LogP contribution is 2.27. The van der Waals surface area contributed by atoms with E-state index in [9.17, 15) is 9.59 Å². The molecule has 0 saturated carbocycles. The molecule has 2 amide bonds. The third-order valence-corrected chi connectivity index (χ3v) is 5.38. The second-order valence-electron chi connectivity index (χ2n) is 7.33. The van der Waals surface area contributed by atoms with Gasteiger partial charge >= 0.3 is 0 Å². The molecule has 0 spiro atoms. The Morgan fingerprint density at radius 2 is 2.08 bits per heavy atom. The summed E-state index contributed by atoms with van der Waals surface area (Å²) in [7, 11) is 0. The van der Waals surface area contributed by atoms with E-state index in [1.54, 1.807) is 17.0 Å². The Kier molecular flexibility index (Phi) is 3.31. The number of carbonyl (C=O) groups is 2. The minimum Gasteiger partial charge on any atom is -0.449 e. The zero-order chi connectivity index (χ0) is 17.0. The summed E-state index contributed by atoms with van der Waals surface area (Å²) in [6.07, 6.45) is 3.81. The van der Waals surface area contributed by atoms with Crippen LogP contribution in [-0.4, -0.2) is 65.4 Å². The molecule has 1 unspecified atom stereocenters. The fourth-order valence-corrected chi connectivity index (χ4v) is 4.01. The average Bonchev–Trinajstić information content (AvgIpc) is 3.28. The Bertz CT molecular complexity index is 845. The Hall–Kier alpha value is -2.41. The molecule has 2 bridgehead atoms. The summed E-state index contributed by atoms with van der Waals surface area (Å²) in [5.41, 5.74) is 0.899. The van der Waals surface area contributed by atoms with Gasteiger partial charge in [0.15, 0.2) is 11.3 Å². The number of pyridine rings is 1. The predicted octanol–water partition coefficient (Wildman–Crippen LogP) is 1.11. The van der Waals surface area contributed by atoms with Crippen molar-refractivity contribution in [1.82, 2.24) is 20.1 Å². The molecule has 0 aliphatic carbocycles. The van der Waals surface area contributed by atoms with Crippen molar-refractivity contribution in [3.8, 4) is 0 Å². The second kappa shape index (κ2) is 5.56. The molecule has 0 radical (unpaired) electrons. The number of rotatable bonds is 3. The lowest BCUT2D eigenvalue weighted by molar-refractivity contribution is 0.0856. The summed E-state index contributed by atoms with van der Waals surface area (Å²) in [5, 5.41) is 3.84. The minimum atomic E-state index is -0.158. The molecule has 1 N–H and O–H groups in total. The van der Waals surface area contributed by atoms with Crippen LogP contribution in [0, 0.1) is 5.92 Å². The Morgan fingerprint density at radius 1 is 1.20 bits per heavy atom. The van der Waals surface area contributed by atoms with Gasteiger partial charge in [0.1, 0.15) is 5.69 Å². The van der Waals surface area contributed by atoms with Crippen LogP contribution in [0.3, 0.4) is 0 Å². The Labute approximate surface area is 145 Å². The number of nitrogens with one attached hydrogen (secondary N) is 1. The first-order valence-corrected chi connectivity index (χ1v) is 8.88. The quantitative estimate of drug-likeness (QED) is 0.847. The van der Waals surface area contributed by atoms with E-state index in [1.165, 1.54) is 19.2 Å². The molecule has 3 saturated heterocycles. The van der Waals surface area contributed by atoms with Crippen LogP contribution in [0.5, 0.6) is 0 Å². The van der Waals surface area contributed by atoms with Gasteiger partial charge in [0.05, 0.1) is 6.20 Å². The lowest BCUT2D eigenvalue weighted by Gasteiger charge is -2.30. The number of carbonyl (C=O) groups excluding carboxylic acids is 2. The smallest absolute Gasteiger partial charge is 0.289 e. The van der Waals surface area contributed by atoms with Crippen LogP contribution in [0.15, 0.2) is 22.7 Å². The standard InChI is InChI=1S/C18H20N4O3/c23-17(20-13-5-11-1-2-21(9-11)10-13)14-6-12-7-15(18(24)22-3-4-22)25-16(12)8-19-14/h6-8,11,13H,1-5,9-10H2,(H,20,23)/t11-,13-/m1/s1. The molecule has 2 aromatic heterocycles. The van der Waals surface area contributed by atoms with E-state index in [0.29, 0.717) is 23.0 Å².